The minimum Gasteiger partial charge on any atom is -0.501 e. The minimum absolute atomic E-state index is 0.0428. The Morgan fingerprint density at radius 2 is 1.94 bits per heavy atom. The number of amides is 1. The number of aromatic nitrogens is 5. The molecule has 3 aromatic heterocycles. The molecule has 0 fully saturated rings. The van der Waals surface area contributed by atoms with Crippen molar-refractivity contribution in [1.82, 2.24) is 24.5 Å². The first-order valence-electron chi connectivity index (χ1n) is 10.2. The fourth-order valence-electron chi connectivity index (χ4n) is 3.89. The lowest BCUT2D eigenvalue weighted by atomic mass is 9.82. The fourth-order valence-corrected chi connectivity index (χ4v) is 4.16. The van der Waals surface area contributed by atoms with Crippen molar-refractivity contribution in [3.63, 3.8) is 0 Å². The number of nitrogens with zero attached hydrogens (tertiary/aromatic N) is 5. The lowest BCUT2D eigenvalue weighted by molar-refractivity contribution is 0.101. The average molecular weight is 505 g/mol. The molecule has 2 atom stereocenters. The number of anilines is 1. The van der Waals surface area contributed by atoms with E-state index in [1.165, 1.54) is 24.1 Å². The molecule has 0 aliphatic heterocycles. The molecule has 4 aromatic rings. The van der Waals surface area contributed by atoms with Crippen LogP contribution in [0.15, 0.2) is 46.3 Å². The predicted octanol–water partition coefficient (Wildman–Crippen LogP) is 3.33. The molecule has 1 amide bonds. The molecule has 0 radical (unpaired) electrons. The highest BCUT2D eigenvalue weighted by Gasteiger charge is 2.32. The lowest BCUT2D eigenvalue weighted by Gasteiger charge is -2.26. The monoisotopic (exact) mass is 504 g/mol. The first kappa shape index (κ1) is 24.1. The quantitative estimate of drug-likeness (QED) is 0.385. The Morgan fingerprint density at radius 3 is 2.57 bits per heavy atom. The van der Waals surface area contributed by atoms with Gasteiger partial charge in [-0.1, -0.05) is 23.7 Å². The summed E-state index contributed by atoms with van der Waals surface area (Å²) in [5.74, 6) is -5.34. The van der Waals surface area contributed by atoms with Crippen LogP contribution in [-0.2, 0) is 14.1 Å². The van der Waals surface area contributed by atoms with Gasteiger partial charge in [0.15, 0.2) is 17.3 Å². The zero-order chi connectivity index (χ0) is 25.4. The molecule has 10 nitrogen and oxygen atoms in total. The molecule has 0 bridgehead atoms. The molecule has 182 valence electrons. The number of halogens is 3. The topological polar surface area (TPSA) is 128 Å². The van der Waals surface area contributed by atoms with E-state index in [1.807, 2.05) is 0 Å². The van der Waals surface area contributed by atoms with Gasteiger partial charge in [-0.3, -0.25) is 18.8 Å². The molecule has 0 aliphatic carbocycles. The summed E-state index contributed by atoms with van der Waals surface area (Å²) in [6, 6.07) is 1.84. The second-order valence-electron chi connectivity index (χ2n) is 7.90. The number of hydrogen-bond donors (Lipinski definition) is 2. The summed E-state index contributed by atoms with van der Waals surface area (Å²) >= 11 is 6.30. The molecule has 0 spiro atoms. The van der Waals surface area contributed by atoms with Crippen LogP contribution in [0.5, 0.6) is 5.75 Å². The van der Waals surface area contributed by atoms with E-state index in [0.717, 1.165) is 23.0 Å². The Labute approximate surface area is 201 Å². The van der Waals surface area contributed by atoms with Crippen molar-refractivity contribution in [2.24, 2.45) is 14.1 Å². The highest BCUT2D eigenvalue weighted by Crippen LogP contribution is 2.41. The van der Waals surface area contributed by atoms with Gasteiger partial charge in [-0.2, -0.15) is 5.10 Å². The van der Waals surface area contributed by atoms with Crippen LogP contribution in [0.2, 0.25) is 5.02 Å². The Morgan fingerprint density at radius 1 is 1.23 bits per heavy atom. The summed E-state index contributed by atoms with van der Waals surface area (Å²) in [6.45, 7) is 1.68. The predicted molar refractivity (Wildman–Crippen MR) is 120 cm³/mol. The highest BCUT2D eigenvalue weighted by atomic mass is 35.5. The number of rotatable bonds is 6. The van der Waals surface area contributed by atoms with Crippen LogP contribution in [-0.4, -0.2) is 35.5 Å². The first-order valence-corrected chi connectivity index (χ1v) is 10.6. The minimum atomic E-state index is -1.11. The maximum atomic E-state index is 14.2. The summed E-state index contributed by atoms with van der Waals surface area (Å²) < 4.78 is 35.3. The van der Waals surface area contributed by atoms with Gasteiger partial charge in [-0.15, -0.1) is 0 Å². The van der Waals surface area contributed by atoms with Crippen molar-refractivity contribution in [3.8, 4) is 5.75 Å². The van der Waals surface area contributed by atoms with Gasteiger partial charge >= 0.3 is 0 Å². The third-order valence-electron chi connectivity index (χ3n) is 5.57. The number of aryl methyl sites for hydroxylation is 1. The van der Waals surface area contributed by atoms with E-state index in [4.69, 9.17) is 11.6 Å². The summed E-state index contributed by atoms with van der Waals surface area (Å²) in [6.07, 6.45) is 5.57. The molecule has 35 heavy (non-hydrogen) atoms. The molecular weight excluding hydrogens is 486 g/mol. The number of carbonyl (C=O) groups excluding carboxylic acids is 1. The van der Waals surface area contributed by atoms with Gasteiger partial charge in [0.05, 0.1) is 12.4 Å². The van der Waals surface area contributed by atoms with Gasteiger partial charge in [0.2, 0.25) is 5.75 Å². The van der Waals surface area contributed by atoms with Crippen LogP contribution in [0.25, 0.3) is 0 Å². The molecule has 13 heteroatoms. The fraction of sp³-hybridized carbons (Fsp3) is 0.227. The Bertz CT molecular complexity index is 1470. The molecule has 4 rings (SSSR count). The van der Waals surface area contributed by atoms with Gasteiger partial charge in [-0.05, 0) is 23.3 Å². The molecule has 0 saturated carbocycles. The van der Waals surface area contributed by atoms with E-state index >= 15 is 0 Å². The summed E-state index contributed by atoms with van der Waals surface area (Å²) in [5.41, 5.74) is -0.418. The van der Waals surface area contributed by atoms with Crippen molar-refractivity contribution in [2.45, 2.75) is 18.8 Å². The van der Waals surface area contributed by atoms with Gasteiger partial charge in [0.1, 0.15) is 17.8 Å². The summed E-state index contributed by atoms with van der Waals surface area (Å²) in [5, 5.41) is 20.3. The van der Waals surface area contributed by atoms with E-state index in [9.17, 15) is 23.5 Å². The standard InChI is InChI=1S/C22H19ClF2N6O4/c1-10(17(11-6-26-30(2)8-11)13-4-15(24)16(25)5-14(13)23)20-29-18(19(32)22(34)31(20)3)21(33)28-12-7-27-35-9-12/h4-10,17,32H,1-3H3,(H,28,33)/t10-,17-/m1/s1. The number of hydrogen-bond acceptors (Lipinski definition) is 7. The van der Waals surface area contributed by atoms with Crippen LogP contribution in [0.1, 0.15) is 46.2 Å². The average Bonchev–Trinajstić information content (AvgIpc) is 3.47. The van der Waals surface area contributed by atoms with E-state index in [2.05, 4.69) is 25.1 Å². The number of carbonyl (C=O) groups is 1. The van der Waals surface area contributed by atoms with Gasteiger partial charge in [-0.25, -0.2) is 13.8 Å². The van der Waals surface area contributed by atoms with E-state index in [-0.39, 0.29) is 22.1 Å². The lowest BCUT2D eigenvalue weighted by Crippen LogP contribution is -2.29. The van der Waals surface area contributed by atoms with Crippen LogP contribution in [0.3, 0.4) is 0 Å². The van der Waals surface area contributed by atoms with Crippen LogP contribution >= 0.6 is 11.6 Å². The molecule has 0 saturated heterocycles. The van der Waals surface area contributed by atoms with Crippen LogP contribution < -0.4 is 10.9 Å². The summed E-state index contributed by atoms with van der Waals surface area (Å²) in [4.78, 5) is 29.8. The SMILES string of the molecule is C[C@@H](c1nc(C(=O)Nc2cnoc2)c(O)c(=O)n1C)[C@H](c1cnn(C)c1)c1cc(F)c(F)cc1Cl. The maximum Gasteiger partial charge on any atom is 0.296 e. The van der Waals surface area contributed by atoms with E-state index in [0.29, 0.717) is 5.56 Å². The van der Waals surface area contributed by atoms with E-state index in [1.54, 1.807) is 20.2 Å². The normalized spacial score (nSPS) is 13.0. The third-order valence-corrected chi connectivity index (χ3v) is 5.90. The molecular formula is C22H19ClF2N6O4. The zero-order valence-corrected chi connectivity index (χ0v) is 19.4. The molecule has 0 unspecified atom stereocenters. The van der Waals surface area contributed by atoms with Crippen molar-refractivity contribution < 1.29 is 23.2 Å². The number of nitrogens with one attached hydrogen (secondary N) is 1. The summed E-state index contributed by atoms with van der Waals surface area (Å²) in [7, 11) is 3.05. The van der Waals surface area contributed by atoms with Gasteiger partial charge < -0.3 is 14.9 Å². The van der Waals surface area contributed by atoms with Gasteiger partial charge in [0, 0.05) is 37.2 Å². The second kappa shape index (κ2) is 9.29. The van der Waals surface area contributed by atoms with Crippen molar-refractivity contribution in [1.29, 1.82) is 0 Å². The molecule has 0 aliphatic rings. The molecule has 2 N–H and O–H groups in total. The van der Waals surface area contributed by atoms with Crippen LogP contribution in [0, 0.1) is 11.6 Å². The largest absolute Gasteiger partial charge is 0.501 e. The van der Waals surface area contributed by atoms with Crippen LogP contribution in [0.4, 0.5) is 14.5 Å². The second-order valence-corrected chi connectivity index (χ2v) is 8.31. The highest BCUT2D eigenvalue weighted by molar-refractivity contribution is 6.31. The number of benzene rings is 1. The van der Waals surface area contributed by atoms with Crippen molar-refractivity contribution in [3.05, 3.63) is 86.6 Å². The van der Waals surface area contributed by atoms with E-state index < -0.39 is 46.4 Å². The Hall–Kier alpha value is -4.06. The zero-order valence-electron chi connectivity index (χ0n) is 18.7. The van der Waals surface area contributed by atoms with Gasteiger partial charge in [0.25, 0.3) is 11.5 Å². The third kappa shape index (κ3) is 4.52. The Balaban J connectivity index is 1.86. The van der Waals surface area contributed by atoms with Crippen molar-refractivity contribution in [2.75, 3.05) is 5.32 Å². The maximum absolute atomic E-state index is 14.2. The Kier molecular flexibility index (Phi) is 6.39. The number of aromatic hydroxyl groups is 1. The first-order chi connectivity index (χ1) is 16.6. The van der Waals surface area contributed by atoms with Crippen molar-refractivity contribution >= 4 is 23.2 Å². The molecule has 1 aromatic carbocycles. The molecule has 3 heterocycles. The smallest absolute Gasteiger partial charge is 0.296 e.